The van der Waals surface area contributed by atoms with Crippen molar-refractivity contribution in [1.29, 1.82) is 0 Å². The SMILES string of the molecule is COc1ccc(C)cc1-c1ccc2c(N)n[nH]c2c1. The predicted molar refractivity (Wildman–Crippen MR) is 77.2 cm³/mol. The summed E-state index contributed by atoms with van der Waals surface area (Å²) < 4.78 is 5.42. The van der Waals surface area contributed by atoms with Crippen molar-refractivity contribution in [1.82, 2.24) is 10.2 Å². The molecule has 0 saturated heterocycles. The van der Waals surface area contributed by atoms with E-state index in [1.807, 2.05) is 30.3 Å². The van der Waals surface area contributed by atoms with Gasteiger partial charge >= 0.3 is 0 Å². The van der Waals surface area contributed by atoms with Gasteiger partial charge in [-0.15, -0.1) is 0 Å². The van der Waals surface area contributed by atoms with E-state index in [-0.39, 0.29) is 0 Å². The lowest BCUT2D eigenvalue weighted by Crippen LogP contribution is -1.89. The highest BCUT2D eigenvalue weighted by Gasteiger charge is 2.09. The largest absolute Gasteiger partial charge is 0.496 e. The Morgan fingerprint density at radius 1 is 1.16 bits per heavy atom. The van der Waals surface area contributed by atoms with Gasteiger partial charge < -0.3 is 10.5 Å². The molecule has 0 unspecified atom stereocenters. The topological polar surface area (TPSA) is 63.9 Å². The van der Waals surface area contributed by atoms with Crippen LogP contribution in [0.15, 0.2) is 36.4 Å². The van der Waals surface area contributed by atoms with Gasteiger partial charge in [-0.2, -0.15) is 5.10 Å². The molecule has 3 aromatic rings. The number of nitrogens with zero attached hydrogens (tertiary/aromatic N) is 1. The van der Waals surface area contributed by atoms with Gasteiger partial charge in [-0.1, -0.05) is 17.7 Å². The van der Waals surface area contributed by atoms with Crippen molar-refractivity contribution in [2.45, 2.75) is 6.92 Å². The first-order valence-corrected chi connectivity index (χ1v) is 6.07. The molecule has 0 spiro atoms. The molecule has 3 N–H and O–H groups in total. The Balaban J connectivity index is 2.21. The van der Waals surface area contributed by atoms with Crippen molar-refractivity contribution >= 4 is 16.7 Å². The van der Waals surface area contributed by atoms with Gasteiger partial charge in [0.2, 0.25) is 0 Å². The minimum absolute atomic E-state index is 0.526. The van der Waals surface area contributed by atoms with E-state index in [0.29, 0.717) is 5.82 Å². The number of aryl methyl sites for hydroxylation is 1. The van der Waals surface area contributed by atoms with Crippen LogP contribution in [0.2, 0.25) is 0 Å². The molecular weight excluding hydrogens is 238 g/mol. The number of hydrogen-bond donors (Lipinski definition) is 2. The number of H-pyrrole nitrogens is 1. The molecule has 4 heteroatoms. The molecule has 0 radical (unpaired) electrons. The maximum atomic E-state index is 5.78. The number of fused-ring (bicyclic) bond motifs is 1. The third-order valence-corrected chi connectivity index (χ3v) is 3.26. The van der Waals surface area contributed by atoms with Crippen molar-refractivity contribution in [3.05, 3.63) is 42.0 Å². The summed E-state index contributed by atoms with van der Waals surface area (Å²) in [6.07, 6.45) is 0. The van der Waals surface area contributed by atoms with Crippen LogP contribution in [0.1, 0.15) is 5.56 Å². The second-order valence-electron chi connectivity index (χ2n) is 4.57. The summed E-state index contributed by atoms with van der Waals surface area (Å²) in [5.74, 6) is 1.38. The van der Waals surface area contributed by atoms with E-state index in [4.69, 9.17) is 10.5 Å². The minimum atomic E-state index is 0.526. The Morgan fingerprint density at radius 3 is 2.79 bits per heavy atom. The van der Waals surface area contributed by atoms with Crippen LogP contribution in [0.4, 0.5) is 5.82 Å². The zero-order valence-corrected chi connectivity index (χ0v) is 10.9. The molecule has 0 saturated carbocycles. The fourth-order valence-electron chi connectivity index (χ4n) is 2.26. The number of methoxy groups -OCH3 is 1. The van der Waals surface area contributed by atoms with Gasteiger partial charge in [-0.05, 0) is 36.8 Å². The van der Waals surface area contributed by atoms with Crippen LogP contribution in [-0.4, -0.2) is 17.3 Å². The van der Waals surface area contributed by atoms with Gasteiger partial charge in [0.25, 0.3) is 0 Å². The van der Waals surface area contributed by atoms with E-state index in [0.717, 1.165) is 27.8 Å². The van der Waals surface area contributed by atoms with Crippen LogP contribution < -0.4 is 10.5 Å². The van der Waals surface area contributed by atoms with E-state index >= 15 is 0 Å². The van der Waals surface area contributed by atoms with Crippen LogP contribution >= 0.6 is 0 Å². The van der Waals surface area contributed by atoms with Crippen LogP contribution in [0.5, 0.6) is 5.75 Å². The number of nitrogen functional groups attached to an aromatic ring is 1. The van der Waals surface area contributed by atoms with E-state index in [9.17, 15) is 0 Å². The first kappa shape index (κ1) is 11.6. The fourth-order valence-corrected chi connectivity index (χ4v) is 2.26. The van der Waals surface area contributed by atoms with Crippen LogP contribution in [-0.2, 0) is 0 Å². The Labute approximate surface area is 111 Å². The van der Waals surface area contributed by atoms with E-state index in [1.54, 1.807) is 7.11 Å². The summed E-state index contributed by atoms with van der Waals surface area (Å²) >= 11 is 0. The lowest BCUT2D eigenvalue weighted by Gasteiger charge is -2.09. The highest BCUT2D eigenvalue weighted by molar-refractivity contribution is 5.92. The molecule has 0 fully saturated rings. The smallest absolute Gasteiger partial charge is 0.153 e. The van der Waals surface area contributed by atoms with Gasteiger partial charge in [0.05, 0.1) is 12.6 Å². The van der Waals surface area contributed by atoms with Gasteiger partial charge in [0.1, 0.15) is 5.75 Å². The number of aromatic amines is 1. The Morgan fingerprint density at radius 2 is 2.00 bits per heavy atom. The summed E-state index contributed by atoms with van der Waals surface area (Å²) in [6.45, 7) is 2.07. The molecule has 19 heavy (non-hydrogen) atoms. The first-order valence-electron chi connectivity index (χ1n) is 6.07. The van der Waals surface area contributed by atoms with E-state index in [2.05, 4.69) is 23.2 Å². The Hall–Kier alpha value is -2.49. The predicted octanol–water partition coefficient (Wildman–Crippen LogP) is 3.13. The molecule has 2 aromatic carbocycles. The Kier molecular flexibility index (Phi) is 2.63. The fraction of sp³-hybridized carbons (Fsp3) is 0.133. The number of hydrogen-bond acceptors (Lipinski definition) is 3. The summed E-state index contributed by atoms with van der Waals surface area (Å²) in [6, 6.07) is 12.2. The van der Waals surface area contributed by atoms with Gasteiger partial charge in [-0.25, -0.2) is 0 Å². The standard InChI is InChI=1S/C15H15N3O/c1-9-3-6-14(19-2)12(7-9)10-4-5-11-13(8-10)17-18-15(11)16/h3-8H,1-2H3,(H3,16,17,18). The third-order valence-electron chi connectivity index (χ3n) is 3.26. The monoisotopic (exact) mass is 253 g/mol. The normalized spacial score (nSPS) is 10.8. The molecular formula is C15H15N3O. The minimum Gasteiger partial charge on any atom is -0.496 e. The number of aromatic nitrogens is 2. The average Bonchev–Trinajstić information content (AvgIpc) is 2.80. The van der Waals surface area contributed by atoms with Gasteiger partial charge in [0, 0.05) is 10.9 Å². The third kappa shape index (κ3) is 1.91. The number of anilines is 1. The first-order chi connectivity index (χ1) is 9.19. The van der Waals surface area contributed by atoms with E-state index in [1.165, 1.54) is 5.56 Å². The molecule has 4 nitrogen and oxygen atoms in total. The lowest BCUT2D eigenvalue weighted by atomic mass is 10.0. The van der Waals surface area contributed by atoms with Gasteiger partial charge in [0.15, 0.2) is 5.82 Å². The van der Waals surface area contributed by atoms with Crippen LogP contribution in [0.3, 0.4) is 0 Å². The van der Waals surface area contributed by atoms with Crippen molar-refractivity contribution in [2.24, 2.45) is 0 Å². The van der Waals surface area contributed by atoms with E-state index < -0.39 is 0 Å². The summed E-state index contributed by atoms with van der Waals surface area (Å²) in [5, 5.41) is 7.89. The highest BCUT2D eigenvalue weighted by Crippen LogP contribution is 2.33. The molecule has 0 aliphatic heterocycles. The number of nitrogens with two attached hydrogens (primary N) is 1. The molecule has 96 valence electrons. The van der Waals surface area contributed by atoms with Crippen molar-refractivity contribution < 1.29 is 4.74 Å². The molecule has 3 rings (SSSR count). The average molecular weight is 253 g/mol. The lowest BCUT2D eigenvalue weighted by molar-refractivity contribution is 0.416. The molecule has 0 aliphatic carbocycles. The molecule has 1 heterocycles. The molecule has 0 atom stereocenters. The summed E-state index contributed by atoms with van der Waals surface area (Å²) in [5.41, 5.74) is 10.0. The highest BCUT2D eigenvalue weighted by atomic mass is 16.5. The number of nitrogens with one attached hydrogen (secondary N) is 1. The number of ether oxygens (including phenoxy) is 1. The van der Waals surface area contributed by atoms with Crippen molar-refractivity contribution in [3.63, 3.8) is 0 Å². The van der Waals surface area contributed by atoms with Crippen LogP contribution in [0.25, 0.3) is 22.0 Å². The summed E-state index contributed by atoms with van der Waals surface area (Å²) in [4.78, 5) is 0. The molecule has 0 bridgehead atoms. The van der Waals surface area contributed by atoms with Crippen molar-refractivity contribution in [2.75, 3.05) is 12.8 Å². The molecule has 1 aromatic heterocycles. The zero-order chi connectivity index (χ0) is 13.4. The second-order valence-corrected chi connectivity index (χ2v) is 4.57. The second kappa shape index (κ2) is 4.31. The van der Waals surface area contributed by atoms with Crippen LogP contribution in [0, 0.1) is 6.92 Å². The maximum Gasteiger partial charge on any atom is 0.153 e. The quantitative estimate of drug-likeness (QED) is 0.737. The molecule has 0 aliphatic rings. The van der Waals surface area contributed by atoms with Crippen molar-refractivity contribution in [3.8, 4) is 16.9 Å². The van der Waals surface area contributed by atoms with Gasteiger partial charge in [-0.3, -0.25) is 5.10 Å². The Bertz CT molecular complexity index is 746. The number of rotatable bonds is 2. The number of benzene rings is 2. The zero-order valence-electron chi connectivity index (χ0n) is 10.9. The molecule has 0 amide bonds. The maximum absolute atomic E-state index is 5.78. The summed E-state index contributed by atoms with van der Waals surface area (Å²) in [7, 11) is 1.68.